The first kappa shape index (κ1) is 20.4. The van der Waals surface area contributed by atoms with E-state index in [1.165, 1.54) is 18.2 Å². The first-order valence-electron chi connectivity index (χ1n) is 10.4. The number of rotatable bonds is 6. The van der Waals surface area contributed by atoms with Gasteiger partial charge in [0, 0.05) is 5.92 Å². The van der Waals surface area contributed by atoms with Gasteiger partial charge in [-0.1, -0.05) is 6.07 Å². The second-order valence-corrected chi connectivity index (χ2v) is 9.28. The lowest BCUT2D eigenvalue weighted by atomic mass is 9.96. The number of anilines is 2. The zero-order valence-corrected chi connectivity index (χ0v) is 17.5. The molecule has 9 heteroatoms. The monoisotopic (exact) mass is 446 g/mol. The highest BCUT2D eigenvalue weighted by Crippen LogP contribution is 2.56. The van der Waals surface area contributed by atoms with Crippen LogP contribution in [-0.4, -0.2) is 39.5 Å². The van der Waals surface area contributed by atoms with Gasteiger partial charge in [0.2, 0.25) is 0 Å². The highest BCUT2D eigenvalue weighted by atomic mass is 32.2. The van der Waals surface area contributed by atoms with Gasteiger partial charge in [-0.2, -0.15) is 0 Å². The molecule has 1 saturated heterocycles. The van der Waals surface area contributed by atoms with Crippen molar-refractivity contribution in [3.8, 4) is 5.75 Å². The predicted octanol–water partition coefficient (Wildman–Crippen LogP) is 3.45. The molecule has 2 aliphatic heterocycles. The van der Waals surface area contributed by atoms with Crippen molar-refractivity contribution in [1.29, 1.82) is 0 Å². The standard InChI is InChI=1S/C22H23FN2O5S/c23-15-1-3-18(13(8-15)7-12-5-6-24-10-12)25(31(28)29)19-4-2-16-17-9-14(17)11-30-21(16)20(19)22(26)27/h1-4,8,12,14,17,24H,5-7,9-11H2,(H,26,27)(H,28,29)/t12-,14-,17-/m0/s1. The van der Waals surface area contributed by atoms with Crippen LogP contribution in [0.5, 0.6) is 5.75 Å². The van der Waals surface area contributed by atoms with Crippen molar-refractivity contribution in [3.05, 3.63) is 52.8 Å². The lowest BCUT2D eigenvalue weighted by molar-refractivity contribution is 0.0692. The third-order valence-corrected chi connectivity index (χ3v) is 7.16. The van der Waals surface area contributed by atoms with Crippen LogP contribution in [0.4, 0.5) is 15.8 Å². The summed E-state index contributed by atoms with van der Waals surface area (Å²) in [6.45, 7) is 2.10. The number of nitrogens with zero attached hydrogens (tertiary/aromatic N) is 1. The molecule has 5 rings (SSSR count). The van der Waals surface area contributed by atoms with Crippen molar-refractivity contribution < 1.29 is 27.8 Å². The number of halogens is 1. The number of hydrogen-bond donors (Lipinski definition) is 3. The van der Waals surface area contributed by atoms with E-state index in [1.807, 2.05) is 0 Å². The first-order chi connectivity index (χ1) is 14.9. The second-order valence-electron chi connectivity index (χ2n) is 8.46. The number of benzene rings is 2. The molecule has 2 fully saturated rings. The average molecular weight is 447 g/mol. The topological polar surface area (TPSA) is 99.1 Å². The smallest absolute Gasteiger partial charge is 0.341 e. The van der Waals surface area contributed by atoms with Gasteiger partial charge in [-0.05, 0) is 79.6 Å². The number of ether oxygens (including phenoxy) is 1. The molecule has 164 valence electrons. The van der Waals surface area contributed by atoms with Crippen molar-refractivity contribution in [1.82, 2.24) is 5.32 Å². The third-order valence-electron chi connectivity index (χ3n) is 6.45. The molecule has 0 spiro atoms. The first-order valence-corrected chi connectivity index (χ1v) is 11.4. The third kappa shape index (κ3) is 3.71. The Morgan fingerprint density at radius 3 is 2.81 bits per heavy atom. The number of nitrogens with one attached hydrogen (secondary N) is 1. The summed E-state index contributed by atoms with van der Waals surface area (Å²) >= 11 is -2.57. The maximum Gasteiger partial charge on any atom is 0.341 e. The molecule has 2 aromatic carbocycles. The molecule has 0 amide bonds. The number of carboxylic acid groups (broad SMARTS) is 1. The van der Waals surface area contributed by atoms with Crippen LogP contribution in [0.3, 0.4) is 0 Å². The molecule has 1 saturated carbocycles. The Morgan fingerprint density at radius 2 is 2.10 bits per heavy atom. The molecule has 0 aromatic heterocycles. The van der Waals surface area contributed by atoms with Gasteiger partial charge in [-0.25, -0.2) is 17.7 Å². The summed E-state index contributed by atoms with van der Waals surface area (Å²) in [7, 11) is 0. The molecule has 1 aliphatic carbocycles. The number of hydrogen-bond acceptors (Lipinski definition) is 4. The van der Waals surface area contributed by atoms with Crippen LogP contribution in [0.15, 0.2) is 30.3 Å². The van der Waals surface area contributed by atoms with Crippen molar-refractivity contribution in [2.75, 3.05) is 24.0 Å². The number of aromatic carboxylic acids is 1. The van der Waals surface area contributed by atoms with Gasteiger partial charge >= 0.3 is 5.97 Å². The van der Waals surface area contributed by atoms with Crippen LogP contribution < -0.4 is 14.4 Å². The van der Waals surface area contributed by atoms with Crippen molar-refractivity contribution in [2.45, 2.75) is 25.2 Å². The number of carbonyl (C=O) groups is 1. The van der Waals surface area contributed by atoms with Crippen LogP contribution >= 0.6 is 0 Å². The van der Waals surface area contributed by atoms with E-state index in [2.05, 4.69) is 5.32 Å². The summed E-state index contributed by atoms with van der Waals surface area (Å²) in [4.78, 5) is 12.2. The summed E-state index contributed by atoms with van der Waals surface area (Å²) in [5.74, 6) is -0.451. The number of fused-ring (bicyclic) bond motifs is 3. The summed E-state index contributed by atoms with van der Waals surface area (Å²) in [5, 5.41) is 13.3. The Kier molecular flexibility index (Phi) is 5.19. The van der Waals surface area contributed by atoms with Crippen LogP contribution in [0.25, 0.3) is 0 Å². The Hall–Kier alpha value is -2.49. The lowest BCUT2D eigenvalue weighted by Crippen LogP contribution is -2.25. The van der Waals surface area contributed by atoms with Gasteiger partial charge in [0.25, 0.3) is 11.3 Å². The molecular formula is C22H23FN2O5S. The van der Waals surface area contributed by atoms with Gasteiger partial charge in [0.1, 0.15) is 17.1 Å². The molecular weight excluding hydrogens is 423 g/mol. The van der Waals surface area contributed by atoms with E-state index >= 15 is 0 Å². The van der Waals surface area contributed by atoms with E-state index in [0.717, 1.165) is 35.8 Å². The van der Waals surface area contributed by atoms with Crippen LogP contribution in [0.1, 0.15) is 40.2 Å². The molecule has 1 unspecified atom stereocenters. The quantitative estimate of drug-likeness (QED) is 0.588. The summed E-state index contributed by atoms with van der Waals surface area (Å²) in [6, 6.07) is 7.35. The van der Waals surface area contributed by atoms with Crippen molar-refractivity contribution in [2.24, 2.45) is 11.8 Å². The summed E-state index contributed by atoms with van der Waals surface area (Å²) in [5.41, 5.74) is 1.63. The van der Waals surface area contributed by atoms with Crippen molar-refractivity contribution >= 4 is 28.6 Å². The molecule has 31 heavy (non-hydrogen) atoms. The van der Waals surface area contributed by atoms with Crippen LogP contribution in [-0.2, 0) is 17.7 Å². The Labute approximate surface area is 181 Å². The summed E-state index contributed by atoms with van der Waals surface area (Å²) < 4.78 is 43.6. The van der Waals surface area contributed by atoms with E-state index in [0.29, 0.717) is 30.2 Å². The maximum atomic E-state index is 14.1. The Balaban J connectivity index is 1.63. The minimum atomic E-state index is -2.57. The zero-order valence-electron chi connectivity index (χ0n) is 16.7. The van der Waals surface area contributed by atoms with E-state index in [4.69, 9.17) is 4.74 Å². The van der Waals surface area contributed by atoms with Crippen LogP contribution in [0.2, 0.25) is 0 Å². The van der Waals surface area contributed by atoms with Gasteiger partial charge in [0.05, 0.1) is 18.0 Å². The molecule has 4 atom stereocenters. The summed E-state index contributed by atoms with van der Waals surface area (Å²) in [6.07, 6.45) is 2.40. The highest BCUT2D eigenvalue weighted by molar-refractivity contribution is 7.81. The Morgan fingerprint density at radius 1 is 1.29 bits per heavy atom. The van der Waals surface area contributed by atoms with Crippen molar-refractivity contribution in [3.63, 3.8) is 0 Å². The van der Waals surface area contributed by atoms with E-state index in [-0.39, 0.29) is 28.8 Å². The minimum Gasteiger partial charge on any atom is -0.492 e. The van der Waals surface area contributed by atoms with Gasteiger partial charge in [0.15, 0.2) is 0 Å². The van der Waals surface area contributed by atoms with E-state index in [9.17, 15) is 23.1 Å². The second kappa shape index (κ2) is 7.89. The van der Waals surface area contributed by atoms with Gasteiger partial charge in [-0.15, -0.1) is 0 Å². The molecule has 2 heterocycles. The van der Waals surface area contributed by atoms with Gasteiger partial charge < -0.3 is 15.2 Å². The fourth-order valence-electron chi connectivity index (χ4n) is 4.83. The fourth-order valence-corrected chi connectivity index (χ4v) is 5.50. The highest BCUT2D eigenvalue weighted by Gasteiger charge is 2.46. The fraction of sp³-hybridized carbons (Fsp3) is 0.409. The van der Waals surface area contributed by atoms with E-state index in [1.54, 1.807) is 12.1 Å². The SMILES string of the molecule is O=C(O)c1c(N(c2ccc(F)cc2C[C@@H]2CCNC2)S(=O)O)ccc2c1OC[C@@H]1C[C@H]21. The molecule has 2 aromatic rings. The maximum absolute atomic E-state index is 14.1. The van der Waals surface area contributed by atoms with Gasteiger partial charge in [-0.3, -0.25) is 4.55 Å². The average Bonchev–Trinajstić information content (AvgIpc) is 3.36. The predicted molar refractivity (Wildman–Crippen MR) is 114 cm³/mol. The Bertz CT molecular complexity index is 1070. The van der Waals surface area contributed by atoms with Crippen LogP contribution in [0, 0.1) is 17.7 Å². The van der Waals surface area contributed by atoms with E-state index < -0.39 is 23.1 Å². The lowest BCUT2D eigenvalue weighted by Gasteiger charge is -2.28. The largest absolute Gasteiger partial charge is 0.492 e. The zero-order chi connectivity index (χ0) is 21.7. The molecule has 3 N–H and O–H groups in total. The number of carboxylic acids is 1. The molecule has 0 radical (unpaired) electrons. The molecule has 0 bridgehead atoms. The normalized spacial score (nSPS) is 24.6. The molecule has 7 nitrogen and oxygen atoms in total. The minimum absolute atomic E-state index is 0.0589. The molecule has 3 aliphatic rings.